The summed E-state index contributed by atoms with van der Waals surface area (Å²) in [5.41, 5.74) is 0. The van der Waals surface area contributed by atoms with E-state index in [0.717, 1.165) is 0 Å². The van der Waals surface area contributed by atoms with Crippen LogP contribution in [0.4, 0.5) is 0 Å². The SMILES string of the molecule is O=C(O)C1CCCCS1(=O)=O. The fourth-order valence-corrected chi connectivity index (χ4v) is 2.96. The van der Waals surface area contributed by atoms with E-state index in [0.29, 0.717) is 12.8 Å². The molecule has 1 aliphatic heterocycles. The minimum absolute atomic E-state index is 0.0317. The Morgan fingerprint density at radius 1 is 1.36 bits per heavy atom. The van der Waals surface area contributed by atoms with Crippen molar-refractivity contribution in [1.82, 2.24) is 0 Å². The number of carboxylic acids is 1. The molecule has 1 rings (SSSR count). The van der Waals surface area contributed by atoms with Crippen LogP contribution < -0.4 is 0 Å². The first-order chi connectivity index (χ1) is 5.04. The van der Waals surface area contributed by atoms with Crippen LogP contribution in [0.25, 0.3) is 0 Å². The van der Waals surface area contributed by atoms with Crippen LogP contribution in [-0.4, -0.2) is 30.5 Å². The van der Waals surface area contributed by atoms with Gasteiger partial charge in [0.1, 0.15) is 0 Å². The lowest BCUT2D eigenvalue weighted by Crippen LogP contribution is -2.35. The van der Waals surface area contributed by atoms with Gasteiger partial charge in [0.05, 0.1) is 5.75 Å². The third-order valence-electron chi connectivity index (χ3n) is 1.85. The number of carbonyl (C=O) groups is 1. The molecular weight excluding hydrogens is 168 g/mol. The van der Waals surface area contributed by atoms with Crippen LogP contribution in [0.5, 0.6) is 0 Å². The van der Waals surface area contributed by atoms with Crippen LogP contribution in [0.15, 0.2) is 0 Å². The summed E-state index contributed by atoms with van der Waals surface area (Å²) in [6.45, 7) is 0. The number of hydrogen-bond donors (Lipinski definition) is 1. The minimum Gasteiger partial charge on any atom is -0.480 e. The molecule has 1 aliphatic rings. The molecule has 0 aromatic heterocycles. The molecule has 1 heterocycles. The molecule has 1 N–H and O–H groups in total. The zero-order valence-electron chi connectivity index (χ0n) is 5.99. The summed E-state index contributed by atoms with van der Waals surface area (Å²) in [5.74, 6) is -1.17. The summed E-state index contributed by atoms with van der Waals surface area (Å²) >= 11 is 0. The van der Waals surface area contributed by atoms with Crippen molar-refractivity contribution in [2.45, 2.75) is 24.5 Å². The third-order valence-corrected chi connectivity index (χ3v) is 4.02. The van der Waals surface area contributed by atoms with Gasteiger partial charge in [-0.25, -0.2) is 8.42 Å². The Morgan fingerprint density at radius 3 is 2.36 bits per heavy atom. The third kappa shape index (κ3) is 1.71. The van der Waals surface area contributed by atoms with Crippen molar-refractivity contribution in [2.24, 2.45) is 0 Å². The second-order valence-electron chi connectivity index (χ2n) is 2.69. The first-order valence-corrected chi connectivity index (χ1v) is 5.20. The topological polar surface area (TPSA) is 71.4 Å². The van der Waals surface area contributed by atoms with E-state index in [1.54, 1.807) is 0 Å². The predicted molar refractivity (Wildman–Crippen MR) is 39.1 cm³/mol. The van der Waals surface area contributed by atoms with Gasteiger partial charge in [-0.1, -0.05) is 6.42 Å². The van der Waals surface area contributed by atoms with Gasteiger partial charge < -0.3 is 5.11 Å². The molecule has 0 spiro atoms. The highest BCUT2D eigenvalue weighted by atomic mass is 32.2. The summed E-state index contributed by atoms with van der Waals surface area (Å²) in [6.07, 6.45) is 1.58. The molecule has 0 amide bonds. The number of sulfone groups is 1. The number of rotatable bonds is 1. The lowest BCUT2D eigenvalue weighted by molar-refractivity contribution is -0.136. The molecule has 64 valence electrons. The largest absolute Gasteiger partial charge is 0.480 e. The van der Waals surface area contributed by atoms with Crippen LogP contribution in [0.3, 0.4) is 0 Å². The first kappa shape index (κ1) is 8.52. The van der Waals surface area contributed by atoms with E-state index >= 15 is 0 Å². The lowest BCUT2D eigenvalue weighted by atomic mass is 10.2. The summed E-state index contributed by atoms with van der Waals surface area (Å²) in [7, 11) is -3.32. The number of hydrogen-bond acceptors (Lipinski definition) is 3. The summed E-state index contributed by atoms with van der Waals surface area (Å²) in [5, 5.41) is 7.35. The van der Waals surface area contributed by atoms with Crippen molar-refractivity contribution in [1.29, 1.82) is 0 Å². The van der Waals surface area contributed by atoms with Gasteiger partial charge in [-0.15, -0.1) is 0 Å². The molecule has 1 saturated heterocycles. The zero-order chi connectivity index (χ0) is 8.48. The van der Waals surface area contributed by atoms with E-state index in [2.05, 4.69) is 0 Å². The fraction of sp³-hybridized carbons (Fsp3) is 0.833. The van der Waals surface area contributed by atoms with Gasteiger partial charge in [0.2, 0.25) is 0 Å². The van der Waals surface area contributed by atoms with Crippen molar-refractivity contribution in [3.63, 3.8) is 0 Å². The monoisotopic (exact) mass is 178 g/mol. The van der Waals surface area contributed by atoms with E-state index < -0.39 is 21.1 Å². The molecule has 1 unspecified atom stereocenters. The molecule has 5 heteroatoms. The predicted octanol–water partition coefficient (Wildman–Crippen LogP) is 0.0383. The van der Waals surface area contributed by atoms with Gasteiger partial charge in [-0.3, -0.25) is 4.79 Å². The Kier molecular flexibility index (Phi) is 2.17. The highest BCUT2D eigenvalue weighted by Gasteiger charge is 2.34. The maximum Gasteiger partial charge on any atom is 0.321 e. The molecule has 0 aromatic rings. The number of aliphatic carboxylic acids is 1. The van der Waals surface area contributed by atoms with Crippen LogP contribution in [0.1, 0.15) is 19.3 Å². The van der Waals surface area contributed by atoms with Gasteiger partial charge >= 0.3 is 5.97 Å². The van der Waals surface area contributed by atoms with Crippen molar-refractivity contribution in [3.05, 3.63) is 0 Å². The van der Waals surface area contributed by atoms with Crippen LogP contribution in [-0.2, 0) is 14.6 Å². The number of carboxylic acid groups (broad SMARTS) is 1. The van der Waals surface area contributed by atoms with Gasteiger partial charge in [0.25, 0.3) is 0 Å². The minimum atomic E-state index is -3.32. The molecule has 4 nitrogen and oxygen atoms in total. The Labute approximate surface area is 65.1 Å². The molecule has 1 atom stereocenters. The fourth-order valence-electron chi connectivity index (χ4n) is 1.23. The van der Waals surface area contributed by atoms with E-state index in [-0.39, 0.29) is 12.2 Å². The molecule has 0 aliphatic carbocycles. The smallest absolute Gasteiger partial charge is 0.321 e. The Morgan fingerprint density at radius 2 is 2.00 bits per heavy atom. The molecule has 0 bridgehead atoms. The van der Waals surface area contributed by atoms with E-state index in [4.69, 9.17) is 5.11 Å². The zero-order valence-corrected chi connectivity index (χ0v) is 6.80. The summed E-state index contributed by atoms with van der Waals surface area (Å²) in [6, 6.07) is 0. The van der Waals surface area contributed by atoms with E-state index in [1.165, 1.54) is 0 Å². The Balaban J connectivity index is 2.85. The second kappa shape index (κ2) is 2.81. The molecule has 1 fully saturated rings. The van der Waals surface area contributed by atoms with Crippen LogP contribution in [0, 0.1) is 0 Å². The maximum absolute atomic E-state index is 11.0. The van der Waals surface area contributed by atoms with Gasteiger partial charge in [-0.2, -0.15) is 0 Å². The lowest BCUT2D eigenvalue weighted by Gasteiger charge is -2.17. The quantitative estimate of drug-likeness (QED) is 0.615. The Hall–Kier alpha value is -0.580. The maximum atomic E-state index is 11.0. The second-order valence-corrected chi connectivity index (χ2v) is 4.99. The van der Waals surface area contributed by atoms with Crippen molar-refractivity contribution in [3.8, 4) is 0 Å². The molecule has 11 heavy (non-hydrogen) atoms. The van der Waals surface area contributed by atoms with Crippen LogP contribution >= 0.6 is 0 Å². The van der Waals surface area contributed by atoms with Crippen molar-refractivity contribution < 1.29 is 18.3 Å². The van der Waals surface area contributed by atoms with E-state index in [1.807, 2.05) is 0 Å². The van der Waals surface area contributed by atoms with Crippen LogP contribution in [0.2, 0.25) is 0 Å². The molecule has 0 aromatic carbocycles. The average molecular weight is 178 g/mol. The van der Waals surface area contributed by atoms with Gasteiger partial charge in [-0.05, 0) is 12.8 Å². The Bertz CT molecular complexity index is 254. The van der Waals surface area contributed by atoms with Crippen molar-refractivity contribution >= 4 is 15.8 Å². The van der Waals surface area contributed by atoms with E-state index in [9.17, 15) is 13.2 Å². The average Bonchev–Trinajstić information content (AvgIpc) is 1.85. The normalized spacial score (nSPS) is 29.6. The standard InChI is InChI=1S/C6H10O4S/c7-6(8)5-3-1-2-4-11(5,9)10/h5H,1-4H2,(H,7,8). The first-order valence-electron chi connectivity index (χ1n) is 3.48. The molecule has 0 radical (unpaired) electrons. The molecular formula is C6H10O4S. The summed E-state index contributed by atoms with van der Waals surface area (Å²) < 4.78 is 22.1. The molecule has 0 saturated carbocycles. The van der Waals surface area contributed by atoms with Gasteiger partial charge in [0.15, 0.2) is 15.1 Å². The van der Waals surface area contributed by atoms with Crippen molar-refractivity contribution in [2.75, 3.05) is 5.75 Å². The highest BCUT2D eigenvalue weighted by molar-refractivity contribution is 7.92. The summed E-state index contributed by atoms with van der Waals surface area (Å²) in [4.78, 5) is 10.4. The highest BCUT2D eigenvalue weighted by Crippen LogP contribution is 2.19. The van der Waals surface area contributed by atoms with Gasteiger partial charge in [0, 0.05) is 0 Å².